The van der Waals surface area contributed by atoms with Crippen molar-refractivity contribution in [3.8, 4) is 44.5 Å². The first-order valence-electron chi connectivity index (χ1n) is 19.8. The van der Waals surface area contributed by atoms with E-state index < -0.39 is 0 Å². The van der Waals surface area contributed by atoms with Crippen molar-refractivity contribution in [1.29, 1.82) is 0 Å². The Labute approximate surface area is 337 Å². The summed E-state index contributed by atoms with van der Waals surface area (Å²) in [5.74, 6) is 0. The Morgan fingerprint density at radius 2 is 0.810 bits per heavy atom. The molecule has 0 bridgehead atoms. The van der Waals surface area contributed by atoms with Gasteiger partial charge in [-0.05, 0) is 104 Å². The summed E-state index contributed by atoms with van der Waals surface area (Å²) in [4.78, 5) is 2.39. The molecule has 0 fully saturated rings. The normalized spacial score (nSPS) is 11.4. The number of nitrogens with zero attached hydrogens (tertiary/aromatic N) is 1. The van der Waals surface area contributed by atoms with Crippen molar-refractivity contribution < 1.29 is 4.42 Å². The van der Waals surface area contributed by atoms with Gasteiger partial charge in [0.2, 0.25) is 0 Å². The van der Waals surface area contributed by atoms with E-state index in [1.165, 1.54) is 44.2 Å². The molecule has 0 aliphatic carbocycles. The van der Waals surface area contributed by atoms with Crippen LogP contribution in [0.15, 0.2) is 229 Å². The lowest BCUT2D eigenvalue weighted by Crippen LogP contribution is -2.11. The third-order valence-electron chi connectivity index (χ3n) is 11.5. The van der Waals surface area contributed by atoms with E-state index in [-0.39, 0.29) is 0 Å². The number of benzene rings is 10. The minimum absolute atomic E-state index is 0.890. The minimum Gasteiger partial charge on any atom is -0.455 e. The van der Waals surface area contributed by atoms with Crippen molar-refractivity contribution in [3.63, 3.8) is 0 Å². The van der Waals surface area contributed by atoms with Crippen molar-refractivity contribution in [2.24, 2.45) is 0 Å². The molecular weight excluding hydrogens is 703 g/mol. The van der Waals surface area contributed by atoms with E-state index in [0.717, 1.165) is 60.9 Å². The van der Waals surface area contributed by atoms with Gasteiger partial charge in [0.05, 0.1) is 5.69 Å². The van der Waals surface area contributed by atoms with Crippen LogP contribution in [-0.4, -0.2) is 0 Å². The summed E-state index contributed by atoms with van der Waals surface area (Å²) < 4.78 is 6.65. The van der Waals surface area contributed by atoms with Crippen LogP contribution >= 0.6 is 0 Å². The smallest absolute Gasteiger partial charge is 0.143 e. The quantitative estimate of drug-likeness (QED) is 0.162. The highest BCUT2D eigenvalue weighted by Crippen LogP contribution is 2.47. The number of fused-ring (bicyclic) bond motifs is 6. The number of anilines is 3. The Kier molecular flexibility index (Phi) is 8.19. The molecule has 2 nitrogen and oxygen atoms in total. The molecule has 0 aliphatic heterocycles. The third-order valence-corrected chi connectivity index (χ3v) is 11.5. The van der Waals surface area contributed by atoms with Crippen LogP contribution in [0.25, 0.3) is 88.0 Å². The van der Waals surface area contributed by atoms with E-state index in [0.29, 0.717) is 0 Å². The lowest BCUT2D eigenvalue weighted by Gasteiger charge is -2.28. The van der Waals surface area contributed by atoms with Crippen LogP contribution in [-0.2, 0) is 0 Å². The standard InChI is InChI=1S/C56H37NO/c1-2-12-38(13-3-1)40-22-24-41(25-23-40)42-28-32-47(33-29-42)57(48-34-30-43(31-35-48)45-27-26-39-14-4-5-15-44(39)36-45)53-20-10-8-18-50(53)52-37-46-16-6-7-17-49(46)56-55(52)51-19-9-11-21-54(51)58-56/h1-37H. The summed E-state index contributed by atoms with van der Waals surface area (Å²) in [6, 6.07) is 80.7. The third kappa shape index (κ3) is 5.91. The summed E-state index contributed by atoms with van der Waals surface area (Å²) in [6.07, 6.45) is 0. The van der Waals surface area contributed by atoms with E-state index >= 15 is 0 Å². The molecule has 0 amide bonds. The molecule has 0 saturated heterocycles. The van der Waals surface area contributed by atoms with Gasteiger partial charge >= 0.3 is 0 Å². The SMILES string of the molecule is c1ccc(-c2ccc(-c3ccc(N(c4ccc(-c5ccc6ccccc6c5)cc4)c4ccccc4-c4cc5ccccc5c5oc6ccccc6c45)cc3)cc2)cc1. The van der Waals surface area contributed by atoms with Gasteiger partial charge in [0.15, 0.2) is 0 Å². The predicted octanol–water partition coefficient (Wildman–Crippen LogP) is 16.0. The van der Waals surface area contributed by atoms with Crippen LogP contribution in [0.1, 0.15) is 0 Å². The zero-order valence-corrected chi connectivity index (χ0v) is 31.7. The Balaban J connectivity index is 1.06. The molecule has 0 N–H and O–H groups in total. The van der Waals surface area contributed by atoms with Gasteiger partial charge in [-0.2, -0.15) is 0 Å². The first kappa shape index (κ1) is 33.6. The van der Waals surface area contributed by atoms with Crippen molar-refractivity contribution >= 4 is 60.5 Å². The Bertz CT molecular complexity index is 3250. The maximum absolute atomic E-state index is 6.65. The molecule has 1 aromatic heterocycles. The molecule has 0 spiro atoms. The average molecular weight is 740 g/mol. The zero-order chi connectivity index (χ0) is 38.4. The average Bonchev–Trinajstić information content (AvgIpc) is 3.70. The first-order valence-corrected chi connectivity index (χ1v) is 19.8. The zero-order valence-electron chi connectivity index (χ0n) is 31.7. The number of para-hydroxylation sites is 2. The molecule has 0 atom stereocenters. The predicted molar refractivity (Wildman–Crippen MR) is 245 cm³/mol. The van der Waals surface area contributed by atoms with E-state index in [1.807, 2.05) is 6.07 Å². The number of furan rings is 1. The van der Waals surface area contributed by atoms with Crippen LogP contribution in [0.4, 0.5) is 17.1 Å². The molecule has 10 aromatic carbocycles. The second-order valence-corrected chi connectivity index (χ2v) is 14.9. The number of hydrogen-bond donors (Lipinski definition) is 0. The van der Waals surface area contributed by atoms with Gasteiger partial charge in [-0.25, -0.2) is 0 Å². The van der Waals surface area contributed by atoms with Crippen LogP contribution in [0.5, 0.6) is 0 Å². The van der Waals surface area contributed by atoms with E-state index in [4.69, 9.17) is 4.42 Å². The topological polar surface area (TPSA) is 16.4 Å². The summed E-state index contributed by atoms with van der Waals surface area (Å²) in [7, 11) is 0. The van der Waals surface area contributed by atoms with Gasteiger partial charge in [0, 0.05) is 33.1 Å². The van der Waals surface area contributed by atoms with Crippen molar-refractivity contribution in [2.45, 2.75) is 0 Å². The molecule has 0 saturated carbocycles. The maximum Gasteiger partial charge on any atom is 0.143 e. The molecule has 1 heterocycles. The highest BCUT2D eigenvalue weighted by atomic mass is 16.3. The lowest BCUT2D eigenvalue weighted by molar-refractivity contribution is 0.673. The maximum atomic E-state index is 6.65. The van der Waals surface area contributed by atoms with E-state index in [2.05, 4.69) is 223 Å². The molecule has 0 unspecified atom stereocenters. The van der Waals surface area contributed by atoms with Gasteiger partial charge < -0.3 is 9.32 Å². The molecule has 0 aliphatic rings. The van der Waals surface area contributed by atoms with E-state index in [9.17, 15) is 0 Å². The van der Waals surface area contributed by atoms with Crippen LogP contribution in [0.2, 0.25) is 0 Å². The summed E-state index contributed by atoms with van der Waals surface area (Å²) in [6.45, 7) is 0. The van der Waals surface area contributed by atoms with Crippen LogP contribution in [0, 0.1) is 0 Å². The Morgan fingerprint density at radius 1 is 0.310 bits per heavy atom. The molecule has 11 rings (SSSR count). The highest BCUT2D eigenvalue weighted by molar-refractivity contribution is 6.22. The highest BCUT2D eigenvalue weighted by Gasteiger charge is 2.22. The fraction of sp³-hybridized carbons (Fsp3) is 0. The Morgan fingerprint density at radius 3 is 1.52 bits per heavy atom. The number of rotatable bonds is 7. The molecule has 58 heavy (non-hydrogen) atoms. The van der Waals surface area contributed by atoms with Gasteiger partial charge in [0.25, 0.3) is 0 Å². The summed E-state index contributed by atoms with van der Waals surface area (Å²) in [5.41, 5.74) is 14.5. The van der Waals surface area contributed by atoms with Crippen LogP contribution < -0.4 is 4.90 Å². The monoisotopic (exact) mass is 739 g/mol. The lowest BCUT2D eigenvalue weighted by atomic mass is 9.93. The minimum atomic E-state index is 0.890. The summed E-state index contributed by atoms with van der Waals surface area (Å²) in [5, 5.41) is 6.98. The molecule has 11 aromatic rings. The van der Waals surface area contributed by atoms with Gasteiger partial charge in [-0.1, -0.05) is 176 Å². The van der Waals surface area contributed by atoms with Crippen molar-refractivity contribution in [3.05, 3.63) is 224 Å². The van der Waals surface area contributed by atoms with Gasteiger partial charge in [-0.3, -0.25) is 0 Å². The summed E-state index contributed by atoms with van der Waals surface area (Å²) >= 11 is 0. The Hall–Kier alpha value is -7.68. The van der Waals surface area contributed by atoms with Gasteiger partial charge in [0.1, 0.15) is 11.2 Å². The van der Waals surface area contributed by atoms with Crippen LogP contribution in [0.3, 0.4) is 0 Å². The van der Waals surface area contributed by atoms with E-state index in [1.54, 1.807) is 0 Å². The molecular formula is C56H37NO. The van der Waals surface area contributed by atoms with Crippen molar-refractivity contribution in [1.82, 2.24) is 0 Å². The fourth-order valence-corrected chi connectivity index (χ4v) is 8.56. The fourth-order valence-electron chi connectivity index (χ4n) is 8.56. The first-order chi connectivity index (χ1) is 28.7. The molecule has 0 radical (unpaired) electrons. The second-order valence-electron chi connectivity index (χ2n) is 14.9. The van der Waals surface area contributed by atoms with Crippen molar-refractivity contribution in [2.75, 3.05) is 4.90 Å². The molecule has 272 valence electrons. The largest absolute Gasteiger partial charge is 0.455 e. The number of hydrogen-bond acceptors (Lipinski definition) is 2. The second kappa shape index (κ2) is 14.1. The molecule has 2 heteroatoms. The van der Waals surface area contributed by atoms with Gasteiger partial charge in [-0.15, -0.1) is 0 Å².